The molecule has 0 unspecified atom stereocenters. The minimum atomic E-state index is -0.260. The molecule has 184 valence electrons. The van der Waals surface area contributed by atoms with Crippen molar-refractivity contribution in [3.8, 4) is 0 Å². The van der Waals surface area contributed by atoms with Crippen LogP contribution in [0.1, 0.15) is 47.0 Å². The Kier molecular flexibility index (Phi) is 7.68. The van der Waals surface area contributed by atoms with Crippen LogP contribution < -0.4 is 15.5 Å². The summed E-state index contributed by atoms with van der Waals surface area (Å²) in [5.41, 5.74) is 3.51. The summed E-state index contributed by atoms with van der Waals surface area (Å²) in [6, 6.07) is 23.1. The van der Waals surface area contributed by atoms with Gasteiger partial charge in [-0.3, -0.25) is 9.78 Å². The largest absolute Gasteiger partial charge is 0.469 e. The lowest BCUT2D eigenvalue weighted by Crippen LogP contribution is -2.43. The van der Waals surface area contributed by atoms with Crippen molar-refractivity contribution < 1.29 is 9.21 Å². The molecule has 1 atom stereocenters. The van der Waals surface area contributed by atoms with Crippen LogP contribution in [0.15, 0.2) is 96.0 Å². The molecule has 0 radical (unpaired) electrons. The van der Waals surface area contributed by atoms with Crippen LogP contribution in [0.5, 0.6) is 0 Å². The molecule has 2 aromatic carbocycles. The molecule has 5 rings (SSSR count). The number of nitrogens with one attached hydrogen (secondary N) is 2. The first-order chi connectivity index (χ1) is 17.8. The molecule has 1 amide bonds. The molecule has 36 heavy (non-hydrogen) atoms. The number of carbonyl (C=O) groups is 1. The van der Waals surface area contributed by atoms with Gasteiger partial charge in [0, 0.05) is 48.8 Å². The van der Waals surface area contributed by atoms with Crippen LogP contribution in [0.3, 0.4) is 0 Å². The van der Waals surface area contributed by atoms with Crippen LogP contribution in [-0.2, 0) is 0 Å². The van der Waals surface area contributed by atoms with Gasteiger partial charge in [0.2, 0.25) is 0 Å². The number of furan rings is 1. The highest BCUT2D eigenvalue weighted by Crippen LogP contribution is 2.28. The van der Waals surface area contributed by atoms with E-state index in [4.69, 9.17) is 4.42 Å². The van der Waals surface area contributed by atoms with Crippen LogP contribution in [0.25, 0.3) is 0 Å². The highest BCUT2D eigenvalue weighted by molar-refractivity contribution is 6.02. The number of benzene rings is 2. The lowest BCUT2D eigenvalue weighted by molar-refractivity contribution is 0.102. The van der Waals surface area contributed by atoms with Gasteiger partial charge in [-0.1, -0.05) is 30.3 Å². The molecule has 4 aromatic rings. The first-order valence-electron chi connectivity index (χ1n) is 12.5. The molecular weight excluding hydrogens is 450 g/mol. The van der Waals surface area contributed by atoms with Gasteiger partial charge in [0.25, 0.3) is 5.91 Å². The molecule has 1 saturated heterocycles. The fourth-order valence-electron chi connectivity index (χ4n) is 4.79. The molecule has 7 nitrogen and oxygen atoms in total. The molecule has 2 aromatic heterocycles. The van der Waals surface area contributed by atoms with E-state index in [1.165, 1.54) is 23.6 Å². The maximum atomic E-state index is 12.3. The number of amides is 1. The Morgan fingerprint density at radius 3 is 2.50 bits per heavy atom. The molecule has 0 bridgehead atoms. The second-order valence-electron chi connectivity index (χ2n) is 9.07. The second-order valence-corrected chi connectivity index (χ2v) is 9.07. The normalized spacial score (nSPS) is 14.9. The summed E-state index contributed by atoms with van der Waals surface area (Å²) in [5.74, 6) is 1.03. The van der Waals surface area contributed by atoms with Gasteiger partial charge in [0.15, 0.2) is 0 Å². The first-order valence-corrected chi connectivity index (χ1v) is 12.5. The third kappa shape index (κ3) is 5.98. The van der Waals surface area contributed by atoms with E-state index < -0.39 is 0 Å². The average Bonchev–Trinajstić information content (AvgIpc) is 3.48. The van der Waals surface area contributed by atoms with Crippen molar-refractivity contribution in [2.45, 2.75) is 31.2 Å². The van der Waals surface area contributed by atoms with E-state index >= 15 is 0 Å². The number of piperidine rings is 1. The summed E-state index contributed by atoms with van der Waals surface area (Å²) in [6.07, 6.45) is 9.47. The number of carbonyl (C=O) groups excluding carboxylic acids is 1. The number of aromatic nitrogens is 2. The van der Waals surface area contributed by atoms with E-state index in [1.807, 2.05) is 18.2 Å². The molecule has 3 heterocycles. The maximum absolute atomic E-state index is 12.3. The van der Waals surface area contributed by atoms with Gasteiger partial charge in [0.1, 0.15) is 11.5 Å². The number of hydrogen-bond donors (Lipinski definition) is 2. The third-order valence-electron chi connectivity index (χ3n) is 6.74. The fraction of sp³-hybridized carbons (Fsp3) is 0.276. The van der Waals surface area contributed by atoms with Crippen molar-refractivity contribution in [3.05, 3.63) is 109 Å². The monoisotopic (exact) mass is 481 g/mol. The van der Waals surface area contributed by atoms with Crippen molar-refractivity contribution in [2.24, 2.45) is 0 Å². The minimum absolute atomic E-state index is 0.260. The van der Waals surface area contributed by atoms with E-state index in [2.05, 4.69) is 74.0 Å². The summed E-state index contributed by atoms with van der Waals surface area (Å²) >= 11 is 0. The Balaban J connectivity index is 1.09. The Bertz CT molecular complexity index is 1210. The van der Waals surface area contributed by atoms with Gasteiger partial charge >= 0.3 is 0 Å². The number of hydrogen-bond acceptors (Lipinski definition) is 6. The van der Waals surface area contributed by atoms with E-state index in [-0.39, 0.29) is 11.8 Å². The lowest BCUT2D eigenvalue weighted by Gasteiger charge is -2.34. The quantitative estimate of drug-likeness (QED) is 0.346. The van der Waals surface area contributed by atoms with E-state index in [0.717, 1.165) is 50.3 Å². The Morgan fingerprint density at radius 2 is 1.81 bits per heavy atom. The fourth-order valence-corrected chi connectivity index (χ4v) is 4.79. The molecule has 1 fully saturated rings. The minimum Gasteiger partial charge on any atom is -0.469 e. The van der Waals surface area contributed by atoms with Gasteiger partial charge in [-0.25, -0.2) is 4.98 Å². The van der Waals surface area contributed by atoms with Crippen LogP contribution in [-0.4, -0.2) is 41.6 Å². The van der Waals surface area contributed by atoms with Crippen molar-refractivity contribution >= 4 is 17.3 Å². The predicted octanol–water partition coefficient (Wildman–Crippen LogP) is 5.10. The zero-order chi connectivity index (χ0) is 24.6. The van der Waals surface area contributed by atoms with Crippen LogP contribution in [0.2, 0.25) is 0 Å². The zero-order valence-electron chi connectivity index (χ0n) is 20.2. The van der Waals surface area contributed by atoms with E-state index in [9.17, 15) is 4.79 Å². The first kappa shape index (κ1) is 23.8. The smallest absolute Gasteiger partial charge is 0.275 e. The second kappa shape index (κ2) is 11.6. The molecule has 2 N–H and O–H groups in total. The summed E-state index contributed by atoms with van der Waals surface area (Å²) in [6.45, 7) is 2.96. The zero-order valence-corrected chi connectivity index (χ0v) is 20.2. The highest BCUT2D eigenvalue weighted by Gasteiger charge is 2.21. The summed E-state index contributed by atoms with van der Waals surface area (Å²) in [5, 5.41) is 6.65. The topological polar surface area (TPSA) is 83.3 Å². The number of nitrogens with zero attached hydrogens (tertiary/aromatic N) is 3. The standard InChI is InChI=1S/C29H31N5O2/c35-29(27-21-30-16-17-32-27)33-24-8-10-25(11-9-24)34-18-13-23(14-19-34)31-15-12-26(28-7-4-20-36-28)22-5-2-1-3-6-22/h1-11,16-17,20-21,23,26,31H,12-15,18-19H2,(H,33,35)/t26-/m1/s1. The molecule has 1 aliphatic heterocycles. The summed E-state index contributed by atoms with van der Waals surface area (Å²) in [7, 11) is 0. The van der Waals surface area contributed by atoms with Gasteiger partial charge in [-0.2, -0.15) is 0 Å². The number of rotatable bonds is 9. The van der Waals surface area contributed by atoms with Crippen LogP contribution in [0.4, 0.5) is 11.4 Å². The maximum Gasteiger partial charge on any atom is 0.275 e. The average molecular weight is 482 g/mol. The van der Waals surface area contributed by atoms with Gasteiger partial charge in [-0.15, -0.1) is 0 Å². The summed E-state index contributed by atoms with van der Waals surface area (Å²) in [4.78, 5) is 22.7. The molecule has 7 heteroatoms. The predicted molar refractivity (Wildman–Crippen MR) is 141 cm³/mol. The SMILES string of the molecule is O=C(Nc1ccc(N2CCC(NCC[C@H](c3ccccc3)c3ccco3)CC2)cc1)c1cnccn1. The van der Waals surface area contributed by atoms with E-state index in [0.29, 0.717) is 11.7 Å². The Hall–Kier alpha value is -3.97. The Labute approximate surface area is 211 Å². The van der Waals surface area contributed by atoms with Gasteiger partial charge in [0.05, 0.1) is 12.5 Å². The molecule has 0 spiro atoms. The van der Waals surface area contributed by atoms with Crippen LogP contribution >= 0.6 is 0 Å². The molecule has 0 saturated carbocycles. The van der Waals surface area contributed by atoms with Crippen molar-refractivity contribution in [2.75, 3.05) is 29.9 Å². The highest BCUT2D eigenvalue weighted by atomic mass is 16.3. The molecule has 0 aliphatic carbocycles. The summed E-state index contributed by atoms with van der Waals surface area (Å²) < 4.78 is 5.74. The lowest BCUT2D eigenvalue weighted by atomic mass is 9.93. The van der Waals surface area contributed by atoms with Gasteiger partial charge in [-0.05, 0) is 67.8 Å². The van der Waals surface area contributed by atoms with Crippen molar-refractivity contribution in [3.63, 3.8) is 0 Å². The van der Waals surface area contributed by atoms with Crippen molar-refractivity contribution in [1.29, 1.82) is 0 Å². The van der Waals surface area contributed by atoms with E-state index in [1.54, 1.807) is 12.5 Å². The van der Waals surface area contributed by atoms with Gasteiger partial charge < -0.3 is 20.0 Å². The molecular formula is C29H31N5O2. The number of anilines is 2. The Morgan fingerprint density at radius 1 is 1.00 bits per heavy atom. The molecule has 1 aliphatic rings. The van der Waals surface area contributed by atoms with Crippen LogP contribution in [0, 0.1) is 0 Å². The third-order valence-corrected chi connectivity index (χ3v) is 6.74. The van der Waals surface area contributed by atoms with Crippen molar-refractivity contribution in [1.82, 2.24) is 15.3 Å².